The molecule has 12 aromatic carbocycles. The second-order valence-electron chi connectivity index (χ2n) is 22.3. The van der Waals surface area contributed by atoms with Crippen LogP contribution in [0.4, 0.5) is 45.5 Å². The third-order valence-electron chi connectivity index (χ3n) is 15.8. The van der Waals surface area contributed by atoms with Crippen molar-refractivity contribution in [2.45, 2.75) is 39.2 Å². The van der Waals surface area contributed by atoms with Crippen LogP contribution in [0.15, 0.2) is 320 Å². The average Bonchev–Trinajstić information content (AvgIpc) is 1.45. The van der Waals surface area contributed by atoms with Gasteiger partial charge in [0.15, 0.2) is 0 Å². The minimum atomic E-state index is -4.48. The monoisotopic (exact) mass is 1410 g/mol. The van der Waals surface area contributed by atoms with Crippen LogP contribution in [-0.2, 0) is 39.3 Å². The molecule has 0 saturated heterocycles. The molecule has 0 radical (unpaired) electrons. The molecule has 2 aliphatic heterocycles. The van der Waals surface area contributed by atoms with Gasteiger partial charge in [0.05, 0.1) is 39.2 Å². The van der Waals surface area contributed by atoms with E-state index in [4.69, 9.17) is 45.5 Å². The van der Waals surface area contributed by atoms with Crippen LogP contribution in [0.3, 0.4) is 0 Å². The summed E-state index contributed by atoms with van der Waals surface area (Å²) in [6.07, 6.45) is 0. The first-order valence-electron chi connectivity index (χ1n) is 29.3. The summed E-state index contributed by atoms with van der Waals surface area (Å²) in [6.45, 7) is 0. The summed E-state index contributed by atoms with van der Waals surface area (Å²) in [6, 6.07) is 70.0. The van der Waals surface area contributed by atoms with Gasteiger partial charge >= 0.3 is 7.66 Å². The van der Waals surface area contributed by atoms with Crippen molar-refractivity contribution in [1.82, 2.24) is 0 Å². The molecule has 12 aromatic rings. The van der Waals surface area contributed by atoms with E-state index in [2.05, 4.69) is 20.3 Å². The molecule has 2 heterocycles. The van der Waals surface area contributed by atoms with Crippen molar-refractivity contribution < 1.29 is 42.7 Å². The van der Waals surface area contributed by atoms with Crippen LogP contribution >= 0.6 is 22.7 Å². The Labute approximate surface area is 553 Å². The summed E-state index contributed by atoms with van der Waals surface area (Å²) in [4.78, 5) is -0.269. The molecular formula is C68H56N11O10P3S4. The van der Waals surface area contributed by atoms with Gasteiger partial charge in [-0.25, -0.2) is 33.7 Å². The van der Waals surface area contributed by atoms with Crippen molar-refractivity contribution in [2.24, 2.45) is 13.5 Å². The highest BCUT2D eigenvalue weighted by molar-refractivity contribution is 7.92. The molecule has 482 valence electrons. The van der Waals surface area contributed by atoms with E-state index < -0.39 is 62.0 Å². The van der Waals surface area contributed by atoms with E-state index >= 15 is 0 Å². The summed E-state index contributed by atoms with van der Waals surface area (Å²) >= 11 is 0. The molecule has 2 aliphatic rings. The highest BCUT2D eigenvalue weighted by Gasteiger charge is 2.45. The van der Waals surface area contributed by atoms with E-state index in [1.54, 1.807) is 0 Å². The number of rotatable bonds is 16. The lowest BCUT2D eigenvalue weighted by Gasteiger charge is -2.36. The van der Waals surface area contributed by atoms with Crippen LogP contribution in [0.5, 0.6) is 11.5 Å². The molecule has 0 aliphatic carbocycles. The predicted octanol–water partition coefficient (Wildman–Crippen LogP) is 16.4. The highest BCUT2D eigenvalue weighted by Crippen LogP contribution is 2.78. The Kier molecular flexibility index (Phi) is 15.9. The van der Waals surface area contributed by atoms with Crippen molar-refractivity contribution in [3.8, 4) is 22.6 Å². The highest BCUT2D eigenvalue weighted by atomic mass is 32.2. The zero-order chi connectivity index (χ0) is 66.8. The molecule has 0 saturated carbocycles. The fourth-order valence-electron chi connectivity index (χ4n) is 11.0. The summed E-state index contributed by atoms with van der Waals surface area (Å²) in [7, 11) is -29.4. The first-order chi connectivity index (χ1) is 46.0. The van der Waals surface area contributed by atoms with Gasteiger partial charge in [-0.3, -0.25) is 0 Å². The van der Waals surface area contributed by atoms with Gasteiger partial charge in [0, 0.05) is 56.6 Å². The van der Waals surface area contributed by atoms with E-state index in [1.165, 1.54) is 194 Å². The van der Waals surface area contributed by atoms with Crippen LogP contribution in [0.25, 0.3) is 32.7 Å². The number of nitrogens with two attached hydrogens (primary N) is 4. The van der Waals surface area contributed by atoms with E-state index in [0.717, 1.165) is 21.5 Å². The minimum Gasteiger partial charge on any atom is -0.413 e. The molecule has 28 heteroatoms. The SMILES string of the molecule is Nc1ccc(S(=O)(=O)c2ccc(NP3(Nc4ccc(S(=O)(=O)c5ccc(N)cc5)cc4)=NP(Nc4ccc(S(=O)(=O)c5ccc(N)cc5)cc4)(Nc4ccc(S(=O)(=O)c5ccc(N)cc5)cc4)=NP4(=N3)Oc3ccc5ccccc5c3-c3c(ccc5ccccc35)O4)cc2)cc1. The van der Waals surface area contributed by atoms with Gasteiger partial charge in [-0.05, 0) is 228 Å². The van der Waals surface area contributed by atoms with Gasteiger partial charge in [0.2, 0.25) is 39.3 Å². The van der Waals surface area contributed by atoms with Gasteiger partial charge in [0.1, 0.15) is 11.5 Å². The molecule has 1 spiro atoms. The van der Waals surface area contributed by atoms with Crippen molar-refractivity contribution in [1.29, 1.82) is 0 Å². The maximum absolute atomic E-state index is 14.2. The standard InChI is InChI=1S/C68H56N11O10P3S4/c69-47-11-27-55(28-12-47)93(80,81)59-35-19-51(20-36-59)73-90(74-52-21-37-60(38-22-52)94(82,83)56-29-13-48(70)14-30-56)77-91(75-53-23-39-61(40-24-53)95(84,85)57-31-15-49(71)16-32-57,76-54-25-41-62(42-26-54)96(86,87)58-33-17-50(72)18-34-58)79-92(78-90)88-65-43-9-45-5-1-3-7-63(45)67(65)68-64-8-4-2-6-46(64)10-44-66(68)89-92/h1-44,73-76H,69-72H2. The number of nitrogens with zero attached hydrogens (tertiary/aromatic N) is 3. The van der Waals surface area contributed by atoms with Crippen molar-refractivity contribution in [3.05, 3.63) is 267 Å². The van der Waals surface area contributed by atoms with Crippen molar-refractivity contribution in [3.63, 3.8) is 0 Å². The second-order valence-corrected chi connectivity index (χ2v) is 36.9. The lowest BCUT2D eigenvalue weighted by atomic mass is 9.92. The fraction of sp³-hybridized carbons (Fsp3) is 0. The Morgan fingerprint density at radius 3 is 0.781 bits per heavy atom. The normalized spacial score (nSPS) is 14.6. The molecule has 0 bridgehead atoms. The zero-order valence-corrected chi connectivity index (χ0v) is 56.1. The number of sulfone groups is 4. The number of nitrogens with one attached hydrogen (secondary N) is 4. The summed E-state index contributed by atoms with van der Waals surface area (Å²) in [5.41, 5.74) is 27.7. The number of nitrogen functional groups attached to an aromatic ring is 4. The number of hydrogen-bond acceptors (Lipinski definition) is 21. The lowest BCUT2D eigenvalue weighted by Crippen LogP contribution is -2.15. The van der Waals surface area contributed by atoms with E-state index in [1.807, 2.05) is 72.8 Å². The lowest BCUT2D eigenvalue weighted by molar-refractivity contribution is 0.487. The Morgan fingerprint density at radius 1 is 0.271 bits per heavy atom. The second kappa shape index (κ2) is 24.1. The maximum atomic E-state index is 14.2. The van der Waals surface area contributed by atoms with Gasteiger partial charge < -0.3 is 52.3 Å². The third-order valence-corrected chi connectivity index (χ3v) is 32.0. The Hall–Kier alpha value is -10.4. The van der Waals surface area contributed by atoms with Crippen LogP contribution < -0.4 is 52.3 Å². The molecular weight excluding hydrogens is 1350 g/mol. The van der Waals surface area contributed by atoms with Crippen molar-refractivity contribution >= 4 is 129 Å². The molecule has 0 amide bonds. The Bertz CT molecular complexity index is 5180. The number of fused-ring (bicyclic) bond motifs is 7. The minimum absolute atomic E-state index is 0.00202. The van der Waals surface area contributed by atoms with Crippen molar-refractivity contribution in [2.75, 3.05) is 43.3 Å². The van der Waals surface area contributed by atoms with Crippen LogP contribution in [0.1, 0.15) is 0 Å². The summed E-state index contributed by atoms with van der Waals surface area (Å²) in [5.74, 6) is 0.623. The Balaban J connectivity index is 1.03. The number of hydrogen-bond donors (Lipinski definition) is 8. The number of benzene rings is 12. The van der Waals surface area contributed by atoms with Crippen LogP contribution in [0, 0.1) is 0 Å². The smallest absolute Gasteiger partial charge is 0.413 e. The molecule has 0 atom stereocenters. The Morgan fingerprint density at radius 2 is 0.510 bits per heavy atom. The third kappa shape index (κ3) is 12.1. The predicted molar refractivity (Wildman–Crippen MR) is 382 cm³/mol. The number of anilines is 8. The largest absolute Gasteiger partial charge is 0.455 e. The van der Waals surface area contributed by atoms with E-state index in [-0.39, 0.29) is 61.9 Å². The fourth-order valence-corrected chi connectivity index (χ4v) is 26.6. The molecule has 0 fully saturated rings. The molecule has 96 heavy (non-hydrogen) atoms. The molecule has 0 unspecified atom stereocenters. The maximum Gasteiger partial charge on any atom is 0.455 e. The van der Waals surface area contributed by atoms with Crippen LogP contribution in [-0.4, -0.2) is 33.7 Å². The molecule has 12 N–H and O–H groups in total. The van der Waals surface area contributed by atoms with E-state index in [9.17, 15) is 33.7 Å². The van der Waals surface area contributed by atoms with Gasteiger partial charge in [0.25, 0.3) is 15.0 Å². The van der Waals surface area contributed by atoms with Crippen LogP contribution in [0.2, 0.25) is 0 Å². The molecule has 21 nitrogen and oxygen atoms in total. The van der Waals surface area contributed by atoms with Gasteiger partial charge in [-0.15, -0.1) is 9.03 Å². The quantitative estimate of drug-likeness (QED) is 0.0329. The van der Waals surface area contributed by atoms with Gasteiger partial charge in [-0.2, -0.15) is 4.52 Å². The first kappa shape index (κ1) is 63.1. The topological polar surface area (TPSA) is 344 Å². The summed E-state index contributed by atoms with van der Waals surface area (Å²) in [5, 5.41) is 17.7. The summed E-state index contributed by atoms with van der Waals surface area (Å²) < 4.78 is 146. The zero-order valence-electron chi connectivity index (χ0n) is 50.1. The first-order valence-corrected chi connectivity index (χ1v) is 40.1. The van der Waals surface area contributed by atoms with E-state index in [0.29, 0.717) is 45.4 Å². The molecule has 14 rings (SSSR count). The van der Waals surface area contributed by atoms with Gasteiger partial charge in [-0.1, -0.05) is 60.7 Å². The average molecular weight is 1410 g/mol. The molecule has 0 aromatic heterocycles.